The Morgan fingerprint density at radius 3 is 2.62 bits per heavy atom. The number of nitrogens with one attached hydrogen (secondary N) is 2. The highest BCUT2D eigenvalue weighted by Gasteiger charge is 2.16. The molecule has 0 radical (unpaired) electrons. The van der Waals surface area contributed by atoms with Crippen molar-refractivity contribution in [3.05, 3.63) is 23.2 Å². The lowest BCUT2D eigenvalue weighted by atomic mass is 10.2. The number of halogens is 1. The van der Waals surface area contributed by atoms with Gasteiger partial charge in [-0.15, -0.1) is 0 Å². The lowest BCUT2D eigenvalue weighted by Gasteiger charge is -2.21. The van der Waals surface area contributed by atoms with Crippen molar-refractivity contribution in [2.45, 2.75) is 39.3 Å². The van der Waals surface area contributed by atoms with E-state index in [4.69, 9.17) is 21.1 Å². The van der Waals surface area contributed by atoms with E-state index in [1.54, 1.807) is 19.2 Å². The number of alkyl carbamates (subject to hydrolysis) is 1. The van der Waals surface area contributed by atoms with E-state index in [2.05, 4.69) is 10.6 Å². The first-order chi connectivity index (χ1) is 9.71. The third-order valence-corrected chi connectivity index (χ3v) is 2.86. The van der Waals surface area contributed by atoms with Crippen LogP contribution in [0.1, 0.15) is 27.7 Å². The molecule has 0 aliphatic rings. The average molecular weight is 315 g/mol. The molecule has 0 spiro atoms. The molecule has 1 aromatic rings. The molecule has 0 saturated carbocycles. The summed E-state index contributed by atoms with van der Waals surface area (Å²) >= 11 is 6.12. The molecule has 1 atom stereocenters. The Balaban J connectivity index is 2.50. The van der Waals surface area contributed by atoms with Gasteiger partial charge in [-0.1, -0.05) is 11.6 Å². The second-order valence-electron chi connectivity index (χ2n) is 5.77. The Morgan fingerprint density at radius 2 is 2.05 bits per heavy atom. The predicted molar refractivity (Wildman–Crippen MR) is 85.3 cm³/mol. The number of hydrogen-bond donors (Lipinski definition) is 2. The van der Waals surface area contributed by atoms with Gasteiger partial charge in [-0.3, -0.25) is 0 Å². The lowest BCUT2D eigenvalue weighted by Crippen LogP contribution is -2.38. The number of rotatable bonds is 5. The molecule has 0 fully saturated rings. The Labute approximate surface area is 131 Å². The van der Waals surface area contributed by atoms with Crippen LogP contribution in [-0.4, -0.2) is 31.4 Å². The maximum Gasteiger partial charge on any atom is 0.407 e. The van der Waals surface area contributed by atoms with Crippen LogP contribution in [0.5, 0.6) is 5.75 Å². The molecule has 1 amide bonds. The summed E-state index contributed by atoms with van der Waals surface area (Å²) in [6.45, 7) is 7.83. The summed E-state index contributed by atoms with van der Waals surface area (Å²) in [6, 6.07) is 5.35. The minimum atomic E-state index is -0.503. The second-order valence-corrected chi connectivity index (χ2v) is 6.18. The highest BCUT2D eigenvalue weighted by Crippen LogP contribution is 2.27. The quantitative estimate of drug-likeness (QED) is 0.870. The molecular formula is C15H23ClN2O3. The van der Waals surface area contributed by atoms with Gasteiger partial charge in [0.05, 0.1) is 17.8 Å². The summed E-state index contributed by atoms with van der Waals surface area (Å²) < 4.78 is 10.3. The molecule has 21 heavy (non-hydrogen) atoms. The van der Waals surface area contributed by atoms with Crippen molar-refractivity contribution < 1.29 is 14.3 Å². The van der Waals surface area contributed by atoms with Crippen LogP contribution < -0.4 is 15.4 Å². The van der Waals surface area contributed by atoms with E-state index < -0.39 is 11.7 Å². The van der Waals surface area contributed by atoms with Crippen LogP contribution in [0.3, 0.4) is 0 Å². The van der Waals surface area contributed by atoms with Crippen molar-refractivity contribution in [2.24, 2.45) is 0 Å². The number of methoxy groups -OCH3 is 1. The largest absolute Gasteiger partial charge is 0.497 e. The molecule has 1 aromatic carbocycles. The maximum atomic E-state index is 11.6. The molecule has 6 heteroatoms. The minimum Gasteiger partial charge on any atom is -0.497 e. The number of carbonyl (C=O) groups is 1. The fourth-order valence-corrected chi connectivity index (χ4v) is 1.78. The summed E-state index contributed by atoms with van der Waals surface area (Å²) in [4.78, 5) is 11.6. The molecule has 0 aliphatic heterocycles. The van der Waals surface area contributed by atoms with Crippen molar-refractivity contribution in [2.75, 3.05) is 19.0 Å². The van der Waals surface area contributed by atoms with E-state index in [1.165, 1.54) is 0 Å². The Kier molecular flexibility index (Phi) is 6.15. The molecule has 0 aromatic heterocycles. The van der Waals surface area contributed by atoms with Crippen LogP contribution in [0.25, 0.3) is 0 Å². The monoisotopic (exact) mass is 314 g/mol. The smallest absolute Gasteiger partial charge is 0.407 e. The van der Waals surface area contributed by atoms with Gasteiger partial charge in [0.25, 0.3) is 0 Å². The minimum absolute atomic E-state index is 0.0119. The SMILES string of the molecule is COc1ccc(Cl)c(NC(C)CNC(=O)OC(C)(C)C)c1. The van der Waals surface area contributed by atoms with Crippen LogP contribution in [0.4, 0.5) is 10.5 Å². The summed E-state index contributed by atoms with van der Waals surface area (Å²) in [6.07, 6.45) is -0.437. The van der Waals surface area contributed by atoms with E-state index in [1.807, 2.05) is 33.8 Å². The summed E-state index contributed by atoms with van der Waals surface area (Å²) in [7, 11) is 1.60. The first kappa shape index (κ1) is 17.4. The fourth-order valence-electron chi connectivity index (χ4n) is 1.61. The normalized spacial score (nSPS) is 12.5. The molecule has 5 nitrogen and oxygen atoms in total. The zero-order valence-electron chi connectivity index (χ0n) is 13.1. The van der Waals surface area contributed by atoms with Crippen LogP contribution in [-0.2, 0) is 4.74 Å². The van der Waals surface area contributed by atoms with Gasteiger partial charge >= 0.3 is 6.09 Å². The highest BCUT2D eigenvalue weighted by molar-refractivity contribution is 6.33. The molecule has 0 heterocycles. The number of carbonyl (C=O) groups excluding carboxylic acids is 1. The van der Waals surface area contributed by atoms with Gasteiger partial charge in [0.1, 0.15) is 11.4 Å². The van der Waals surface area contributed by atoms with Gasteiger partial charge in [-0.25, -0.2) is 4.79 Å². The van der Waals surface area contributed by atoms with Crippen molar-refractivity contribution in [3.63, 3.8) is 0 Å². The average Bonchev–Trinajstić information content (AvgIpc) is 2.37. The van der Waals surface area contributed by atoms with Gasteiger partial charge in [0.2, 0.25) is 0 Å². The van der Waals surface area contributed by atoms with Gasteiger partial charge in [0, 0.05) is 18.7 Å². The van der Waals surface area contributed by atoms with E-state index in [0.717, 1.165) is 5.69 Å². The molecule has 0 saturated heterocycles. The number of ether oxygens (including phenoxy) is 2. The summed E-state index contributed by atoms with van der Waals surface area (Å²) in [5, 5.41) is 6.53. The van der Waals surface area contributed by atoms with Crippen LogP contribution in [0.2, 0.25) is 5.02 Å². The first-order valence-electron chi connectivity index (χ1n) is 6.78. The maximum absolute atomic E-state index is 11.6. The van der Waals surface area contributed by atoms with Crippen molar-refractivity contribution in [1.82, 2.24) is 5.32 Å². The molecule has 0 aliphatic carbocycles. The number of anilines is 1. The molecule has 1 unspecified atom stereocenters. The van der Waals surface area contributed by atoms with E-state index in [9.17, 15) is 4.79 Å². The van der Waals surface area contributed by atoms with Gasteiger partial charge in [0.15, 0.2) is 0 Å². The molecule has 0 bridgehead atoms. The van der Waals surface area contributed by atoms with Crippen molar-refractivity contribution >= 4 is 23.4 Å². The van der Waals surface area contributed by atoms with Crippen LogP contribution in [0, 0.1) is 0 Å². The number of amides is 1. The first-order valence-corrected chi connectivity index (χ1v) is 7.16. The standard InChI is InChI=1S/C15H23ClN2O3/c1-10(9-17-14(19)21-15(2,3)4)18-13-8-11(20-5)6-7-12(13)16/h6-8,10,18H,9H2,1-5H3,(H,17,19). The third-order valence-electron chi connectivity index (χ3n) is 2.53. The van der Waals surface area contributed by atoms with Crippen LogP contribution >= 0.6 is 11.6 Å². The summed E-state index contributed by atoms with van der Waals surface area (Å²) in [5.41, 5.74) is 0.256. The van der Waals surface area contributed by atoms with Gasteiger partial charge in [-0.2, -0.15) is 0 Å². The lowest BCUT2D eigenvalue weighted by molar-refractivity contribution is 0.0526. The van der Waals surface area contributed by atoms with Crippen molar-refractivity contribution in [3.8, 4) is 5.75 Å². The second kappa shape index (κ2) is 7.41. The number of benzene rings is 1. The van der Waals surface area contributed by atoms with E-state index >= 15 is 0 Å². The fraction of sp³-hybridized carbons (Fsp3) is 0.533. The topological polar surface area (TPSA) is 59.6 Å². The third kappa shape index (κ3) is 6.58. The summed E-state index contributed by atoms with van der Waals surface area (Å²) in [5.74, 6) is 0.717. The van der Waals surface area contributed by atoms with E-state index in [-0.39, 0.29) is 6.04 Å². The van der Waals surface area contributed by atoms with Gasteiger partial charge in [-0.05, 0) is 39.8 Å². The number of hydrogen-bond acceptors (Lipinski definition) is 4. The zero-order chi connectivity index (χ0) is 16.0. The van der Waals surface area contributed by atoms with Crippen LogP contribution in [0.15, 0.2) is 18.2 Å². The Morgan fingerprint density at radius 1 is 1.38 bits per heavy atom. The molecule has 2 N–H and O–H groups in total. The predicted octanol–water partition coefficient (Wildman–Crippen LogP) is 3.67. The molecule has 1 rings (SSSR count). The Bertz CT molecular complexity index is 486. The van der Waals surface area contributed by atoms with E-state index in [0.29, 0.717) is 17.3 Å². The highest BCUT2D eigenvalue weighted by atomic mass is 35.5. The van der Waals surface area contributed by atoms with Gasteiger partial charge < -0.3 is 20.1 Å². The molecular weight excluding hydrogens is 292 g/mol. The van der Waals surface area contributed by atoms with Crippen molar-refractivity contribution in [1.29, 1.82) is 0 Å². The zero-order valence-corrected chi connectivity index (χ0v) is 13.9. The Hall–Kier alpha value is -1.62. The molecule has 118 valence electrons.